The van der Waals surface area contributed by atoms with Gasteiger partial charge in [-0.3, -0.25) is 0 Å². The first kappa shape index (κ1) is 12.6. The minimum atomic E-state index is -0.617. The SMILES string of the molecule is COc1cc(F)c(C(Cl)C2CCCC2)c(F)c1. The first-order chi connectivity index (χ1) is 8.13. The van der Waals surface area contributed by atoms with Gasteiger partial charge in [-0.05, 0) is 18.8 Å². The predicted molar refractivity (Wildman–Crippen MR) is 63.5 cm³/mol. The second-order valence-corrected chi connectivity index (χ2v) is 4.92. The van der Waals surface area contributed by atoms with Gasteiger partial charge < -0.3 is 4.74 Å². The molecule has 2 rings (SSSR count). The molecule has 94 valence electrons. The summed E-state index contributed by atoms with van der Waals surface area (Å²) in [5, 5.41) is -0.580. The van der Waals surface area contributed by atoms with Crippen LogP contribution in [0.15, 0.2) is 12.1 Å². The summed E-state index contributed by atoms with van der Waals surface area (Å²) in [6.07, 6.45) is 4.07. The van der Waals surface area contributed by atoms with Crippen LogP contribution < -0.4 is 4.74 Å². The van der Waals surface area contributed by atoms with Gasteiger partial charge in [-0.15, -0.1) is 11.6 Å². The third kappa shape index (κ3) is 2.54. The molecule has 1 aromatic rings. The maximum absolute atomic E-state index is 13.8. The number of ether oxygens (including phenoxy) is 1. The van der Waals surface area contributed by atoms with E-state index in [1.54, 1.807) is 0 Å². The van der Waals surface area contributed by atoms with Gasteiger partial charge in [0.05, 0.1) is 12.5 Å². The molecule has 0 aliphatic heterocycles. The van der Waals surface area contributed by atoms with Crippen LogP contribution in [0.5, 0.6) is 5.75 Å². The highest BCUT2D eigenvalue weighted by Gasteiger charge is 2.29. The van der Waals surface area contributed by atoms with Gasteiger partial charge in [0.2, 0.25) is 0 Å². The third-order valence-corrected chi connectivity index (χ3v) is 3.95. The number of hydrogen-bond donors (Lipinski definition) is 0. The van der Waals surface area contributed by atoms with Gasteiger partial charge in [-0.2, -0.15) is 0 Å². The lowest BCUT2D eigenvalue weighted by Crippen LogP contribution is -2.08. The Labute approximate surface area is 105 Å². The molecule has 1 saturated carbocycles. The van der Waals surface area contributed by atoms with Crippen molar-refractivity contribution in [3.8, 4) is 5.75 Å². The zero-order valence-corrected chi connectivity index (χ0v) is 10.4. The van der Waals surface area contributed by atoms with Crippen molar-refractivity contribution in [3.63, 3.8) is 0 Å². The van der Waals surface area contributed by atoms with Gasteiger partial charge in [0.25, 0.3) is 0 Å². The van der Waals surface area contributed by atoms with Crippen LogP contribution >= 0.6 is 11.6 Å². The molecule has 0 radical (unpaired) electrons. The van der Waals surface area contributed by atoms with Crippen LogP contribution in [0.25, 0.3) is 0 Å². The standard InChI is InChI=1S/C13H15ClF2O/c1-17-9-6-10(15)12(11(16)7-9)13(14)8-4-2-3-5-8/h6-8,13H,2-5H2,1H3. The molecule has 1 aliphatic carbocycles. The van der Waals surface area contributed by atoms with E-state index in [1.165, 1.54) is 19.2 Å². The quantitative estimate of drug-likeness (QED) is 0.730. The smallest absolute Gasteiger partial charge is 0.134 e. The highest BCUT2D eigenvalue weighted by molar-refractivity contribution is 6.21. The van der Waals surface area contributed by atoms with Crippen LogP contribution in [0.2, 0.25) is 0 Å². The van der Waals surface area contributed by atoms with Crippen LogP contribution in [0.4, 0.5) is 8.78 Å². The van der Waals surface area contributed by atoms with Crippen molar-refractivity contribution in [2.45, 2.75) is 31.1 Å². The topological polar surface area (TPSA) is 9.23 Å². The number of rotatable bonds is 3. The fourth-order valence-electron chi connectivity index (χ4n) is 2.43. The molecule has 0 N–H and O–H groups in total. The van der Waals surface area contributed by atoms with Gasteiger partial charge in [-0.25, -0.2) is 8.78 Å². The normalized spacial score (nSPS) is 18.4. The molecule has 0 saturated heterocycles. The largest absolute Gasteiger partial charge is 0.497 e. The van der Waals surface area contributed by atoms with E-state index in [-0.39, 0.29) is 17.2 Å². The summed E-state index contributed by atoms with van der Waals surface area (Å²) in [6, 6.07) is 2.37. The fourth-order valence-corrected chi connectivity index (χ4v) is 2.89. The lowest BCUT2D eigenvalue weighted by molar-refractivity contribution is 0.402. The minimum Gasteiger partial charge on any atom is -0.497 e. The van der Waals surface area contributed by atoms with E-state index in [2.05, 4.69) is 0 Å². The maximum atomic E-state index is 13.8. The fraction of sp³-hybridized carbons (Fsp3) is 0.538. The molecule has 0 heterocycles. The second kappa shape index (κ2) is 5.21. The molecule has 0 aromatic heterocycles. The molecular weight excluding hydrogens is 246 g/mol. The molecular formula is C13H15ClF2O. The van der Waals surface area contributed by atoms with E-state index in [4.69, 9.17) is 16.3 Å². The minimum absolute atomic E-state index is 0.0145. The van der Waals surface area contributed by atoms with E-state index in [9.17, 15) is 8.78 Å². The molecule has 1 aromatic carbocycles. The summed E-state index contributed by atoms with van der Waals surface area (Å²) in [7, 11) is 1.38. The van der Waals surface area contributed by atoms with E-state index < -0.39 is 17.0 Å². The monoisotopic (exact) mass is 260 g/mol. The molecule has 1 nitrogen and oxygen atoms in total. The Morgan fingerprint density at radius 3 is 2.24 bits per heavy atom. The summed E-state index contributed by atoms with van der Waals surface area (Å²) >= 11 is 6.20. The first-order valence-electron chi connectivity index (χ1n) is 5.80. The average Bonchev–Trinajstić information content (AvgIpc) is 2.81. The van der Waals surface area contributed by atoms with Crippen molar-refractivity contribution < 1.29 is 13.5 Å². The average molecular weight is 261 g/mol. The van der Waals surface area contributed by atoms with Crippen molar-refractivity contribution in [3.05, 3.63) is 29.3 Å². The molecule has 0 amide bonds. The number of methoxy groups -OCH3 is 1. The molecule has 0 bridgehead atoms. The van der Waals surface area contributed by atoms with E-state index in [0.717, 1.165) is 25.7 Å². The van der Waals surface area contributed by atoms with Crippen molar-refractivity contribution in [1.29, 1.82) is 0 Å². The molecule has 1 aliphatic rings. The summed E-state index contributed by atoms with van der Waals surface area (Å²) < 4.78 is 32.4. The zero-order chi connectivity index (χ0) is 12.4. The Kier molecular flexibility index (Phi) is 3.87. The van der Waals surface area contributed by atoms with Crippen LogP contribution in [0.1, 0.15) is 36.6 Å². The molecule has 1 unspecified atom stereocenters. The Bertz CT molecular complexity index is 379. The highest BCUT2D eigenvalue weighted by Crippen LogP contribution is 2.42. The Hall–Kier alpha value is -0.830. The van der Waals surface area contributed by atoms with Crippen molar-refractivity contribution in [2.75, 3.05) is 7.11 Å². The second-order valence-electron chi connectivity index (χ2n) is 4.45. The van der Waals surface area contributed by atoms with E-state index in [0.29, 0.717) is 0 Å². The molecule has 4 heteroatoms. The Balaban J connectivity index is 2.30. The number of alkyl halides is 1. The predicted octanol–water partition coefficient (Wildman–Crippen LogP) is 4.44. The summed E-state index contributed by atoms with van der Waals surface area (Å²) in [5.41, 5.74) is -0.0145. The van der Waals surface area contributed by atoms with E-state index >= 15 is 0 Å². The van der Waals surface area contributed by atoms with Crippen LogP contribution in [-0.2, 0) is 0 Å². The Morgan fingerprint density at radius 2 is 1.76 bits per heavy atom. The molecule has 0 spiro atoms. The molecule has 1 atom stereocenters. The maximum Gasteiger partial charge on any atom is 0.134 e. The number of hydrogen-bond acceptors (Lipinski definition) is 1. The third-order valence-electron chi connectivity index (χ3n) is 3.38. The van der Waals surface area contributed by atoms with Crippen LogP contribution in [-0.4, -0.2) is 7.11 Å². The summed E-state index contributed by atoms with van der Waals surface area (Å²) in [6.45, 7) is 0. The van der Waals surface area contributed by atoms with Gasteiger partial charge in [0.1, 0.15) is 17.4 Å². The number of halogens is 3. The van der Waals surface area contributed by atoms with Crippen molar-refractivity contribution in [1.82, 2.24) is 0 Å². The van der Waals surface area contributed by atoms with Crippen LogP contribution in [0.3, 0.4) is 0 Å². The number of benzene rings is 1. The van der Waals surface area contributed by atoms with Crippen molar-refractivity contribution >= 4 is 11.6 Å². The summed E-state index contributed by atoms with van der Waals surface area (Å²) in [5.74, 6) is -0.879. The Morgan fingerprint density at radius 1 is 1.24 bits per heavy atom. The van der Waals surface area contributed by atoms with Gasteiger partial charge in [-0.1, -0.05) is 12.8 Å². The lowest BCUT2D eigenvalue weighted by Gasteiger charge is -2.18. The van der Waals surface area contributed by atoms with Gasteiger partial charge >= 0.3 is 0 Å². The first-order valence-corrected chi connectivity index (χ1v) is 6.24. The van der Waals surface area contributed by atoms with Crippen molar-refractivity contribution in [2.24, 2.45) is 5.92 Å². The van der Waals surface area contributed by atoms with Gasteiger partial charge in [0.15, 0.2) is 0 Å². The van der Waals surface area contributed by atoms with E-state index in [1.807, 2.05) is 0 Å². The van der Waals surface area contributed by atoms with Crippen LogP contribution in [0, 0.1) is 17.6 Å². The molecule has 1 fully saturated rings. The molecule has 17 heavy (non-hydrogen) atoms. The van der Waals surface area contributed by atoms with Gasteiger partial charge in [0, 0.05) is 17.7 Å². The lowest BCUT2D eigenvalue weighted by atomic mass is 9.96. The highest BCUT2D eigenvalue weighted by atomic mass is 35.5. The zero-order valence-electron chi connectivity index (χ0n) is 9.68. The summed E-state index contributed by atoms with van der Waals surface area (Å²) in [4.78, 5) is 0.